The number of nitrogens with two attached hydrogens (primary N) is 1. The van der Waals surface area contributed by atoms with Crippen molar-refractivity contribution in [3.8, 4) is 0 Å². The van der Waals surface area contributed by atoms with Gasteiger partial charge in [0.05, 0.1) is 32.5 Å². The van der Waals surface area contributed by atoms with Crippen LogP contribution in [-0.2, 0) is 9.47 Å². The number of aliphatic hydroxyl groups excluding tert-OH is 1. The zero-order valence-corrected chi connectivity index (χ0v) is 6.95. The molecule has 0 aliphatic heterocycles. The Balaban J connectivity index is 2.80. The molecule has 0 saturated carbocycles. The lowest BCUT2D eigenvalue weighted by Gasteiger charge is -2.05. The van der Waals surface area contributed by atoms with Crippen molar-refractivity contribution in [3.63, 3.8) is 0 Å². The molecule has 0 radical (unpaired) electrons. The summed E-state index contributed by atoms with van der Waals surface area (Å²) < 4.78 is 10.1. The van der Waals surface area contributed by atoms with Gasteiger partial charge in [0.15, 0.2) is 0 Å². The van der Waals surface area contributed by atoms with Crippen molar-refractivity contribution in [2.45, 2.75) is 13.0 Å². The smallest absolute Gasteiger partial charge is 0.0745 e. The fourth-order valence-corrected chi connectivity index (χ4v) is 0.557. The Morgan fingerprint density at radius 1 is 1.27 bits per heavy atom. The third-order valence-electron chi connectivity index (χ3n) is 0.993. The van der Waals surface area contributed by atoms with Crippen molar-refractivity contribution in [2.75, 3.05) is 33.0 Å². The van der Waals surface area contributed by atoms with Gasteiger partial charge in [-0.2, -0.15) is 0 Å². The average molecular weight is 163 g/mol. The van der Waals surface area contributed by atoms with Crippen LogP contribution in [0.15, 0.2) is 0 Å². The van der Waals surface area contributed by atoms with Gasteiger partial charge in [-0.25, -0.2) is 0 Å². The van der Waals surface area contributed by atoms with Crippen molar-refractivity contribution in [2.24, 2.45) is 5.73 Å². The Morgan fingerprint density at radius 3 is 2.45 bits per heavy atom. The molecule has 0 saturated heterocycles. The van der Waals surface area contributed by atoms with Crippen LogP contribution in [0.5, 0.6) is 0 Å². The Hall–Kier alpha value is -0.160. The molecule has 0 fully saturated rings. The summed E-state index contributed by atoms with van der Waals surface area (Å²) in [6.45, 7) is 4.22. The van der Waals surface area contributed by atoms with E-state index in [1.54, 1.807) is 6.92 Å². The maximum absolute atomic E-state index is 8.77. The van der Waals surface area contributed by atoms with Crippen molar-refractivity contribution in [3.05, 3.63) is 0 Å². The van der Waals surface area contributed by atoms with E-state index in [9.17, 15) is 0 Å². The summed E-state index contributed by atoms with van der Waals surface area (Å²) in [4.78, 5) is 0. The number of ether oxygens (including phenoxy) is 2. The highest BCUT2D eigenvalue weighted by Crippen LogP contribution is 1.82. The molecule has 0 rings (SSSR count). The molecule has 11 heavy (non-hydrogen) atoms. The Kier molecular flexibility index (Phi) is 7.83. The van der Waals surface area contributed by atoms with Gasteiger partial charge in [0.1, 0.15) is 0 Å². The van der Waals surface area contributed by atoms with E-state index >= 15 is 0 Å². The maximum Gasteiger partial charge on any atom is 0.0745 e. The highest BCUT2D eigenvalue weighted by atomic mass is 16.5. The zero-order chi connectivity index (χ0) is 8.53. The first-order chi connectivity index (χ1) is 5.27. The molecule has 4 heteroatoms. The van der Waals surface area contributed by atoms with Gasteiger partial charge in [0, 0.05) is 6.54 Å². The molecule has 1 atom stereocenters. The van der Waals surface area contributed by atoms with Crippen LogP contribution < -0.4 is 5.73 Å². The second-order valence-electron chi connectivity index (χ2n) is 2.32. The molecule has 0 aromatic heterocycles. The van der Waals surface area contributed by atoms with E-state index in [1.807, 2.05) is 0 Å². The Morgan fingerprint density at radius 2 is 1.91 bits per heavy atom. The van der Waals surface area contributed by atoms with Crippen LogP contribution in [0.4, 0.5) is 0 Å². The highest BCUT2D eigenvalue weighted by Gasteiger charge is 1.93. The van der Waals surface area contributed by atoms with Gasteiger partial charge in [0.25, 0.3) is 0 Å². The molecule has 1 unspecified atom stereocenters. The molecular formula is C7H17NO3. The minimum absolute atomic E-state index is 0.367. The summed E-state index contributed by atoms with van der Waals surface area (Å²) in [7, 11) is 0. The lowest BCUT2D eigenvalue weighted by Crippen LogP contribution is -2.15. The lowest BCUT2D eigenvalue weighted by molar-refractivity contribution is 0.0110. The fourth-order valence-electron chi connectivity index (χ4n) is 0.557. The second-order valence-corrected chi connectivity index (χ2v) is 2.32. The summed E-state index contributed by atoms with van der Waals surface area (Å²) in [6.07, 6.45) is -0.399. The normalized spacial score (nSPS) is 13.4. The molecule has 0 heterocycles. The summed E-state index contributed by atoms with van der Waals surface area (Å²) in [6, 6.07) is 0. The van der Waals surface area contributed by atoms with E-state index in [0.717, 1.165) is 0 Å². The predicted molar refractivity (Wildman–Crippen MR) is 42.4 cm³/mol. The Bertz CT molecular complexity index is 78.1. The molecule has 0 aromatic rings. The molecule has 3 N–H and O–H groups in total. The highest BCUT2D eigenvalue weighted by molar-refractivity contribution is 4.41. The molecule has 0 aliphatic carbocycles. The minimum Gasteiger partial charge on any atom is -0.391 e. The van der Waals surface area contributed by atoms with E-state index < -0.39 is 6.10 Å². The van der Waals surface area contributed by atoms with Gasteiger partial charge in [-0.05, 0) is 6.92 Å². The van der Waals surface area contributed by atoms with Gasteiger partial charge in [-0.1, -0.05) is 0 Å². The van der Waals surface area contributed by atoms with Crippen LogP contribution >= 0.6 is 0 Å². The van der Waals surface area contributed by atoms with Crippen LogP contribution in [-0.4, -0.2) is 44.2 Å². The third-order valence-corrected chi connectivity index (χ3v) is 0.993. The summed E-state index contributed by atoms with van der Waals surface area (Å²) in [5.74, 6) is 0. The monoisotopic (exact) mass is 163 g/mol. The first-order valence-electron chi connectivity index (χ1n) is 3.81. The molecule has 68 valence electrons. The van der Waals surface area contributed by atoms with E-state index in [1.165, 1.54) is 0 Å². The predicted octanol–water partition coefficient (Wildman–Crippen LogP) is -0.641. The van der Waals surface area contributed by atoms with Gasteiger partial charge >= 0.3 is 0 Å². The van der Waals surface area contributed by atoms with Crippen LogP contribution in [0.2, 0.25) is 0 Å². The maximum atomic E-state index is 8.77. The topological polar surface area (TPSA) is 64.7 Å². The standard InChI is InChI=1S/C7H17NO3/c1-7(9)6-11-5-4-10-3-2-8/h7,9H,2-6,8H2,1H3. The fraction of sp³-hybridized carbons (Fsp3) is 1.00. The number of hydrogen-bond donors (Lipinski definition) is 2. The van der Waals surface area contributed by atoms with Gasteiger partial charge in [0.2, 0.25) is 0 Å². The summed E-state index contributed by atoms with van der Waals surface area (Å²) in [5.41, 5.74) is 5.19. The van der Waals surface area contributed by atoms with Crippen LogP contribution in [0, 0.1) is 0 Å². The number of aliphatic hydroxyl groups is 1. The van der Waals surface area contributed by atoms with Crippen LogP contribution in [0.1, 0.15) is 6.92 Å². The van der Waals surface area contributed by atoms with Gasteiger partial charge in [-0.3, -0.25) is 0 Å². The summed E-state index contributed by atoms with van der Waals surface area (Å²) >= 11 is 0. The molecule has 0 aromatic carbocycles. The van der Waals surface area contributed by atoms with Gasteiger partial charge < -0.3 is 20.3 Å². The summed E-state index contributed by atoms with van der Waals surface area (Å²) in [5, 5.41) is 8.77. The first-order valence-corrected chi connectivity index (χ1v) is 3.81. The van der Waals surface area contributed by atoms with E-state index in [-0.39, 0.29) is 0 Å². The van der Waals surface area contributed by atoms with Crippen molar-refractivity contribution in [1.29, 1.82) is 0 Å². The van der Waals surface area contributed by atoms with E-state index in [2.05, 4.69) is 0 Å². The molecule has 0 amide bonds. The van der Waals surface area contributed by atoms with Crippen LogP contribution in [0.25, 0.3) is 0 Å². The van der Waals surface area contributed by atoms with E-state index in [4.69, 9.17) is 20.3 Å². The van der Waals surface area contributed by atoms with Crippen molar-refractivity contribution >= 4 is 0 Å². The number of rotatable bonds is 7. The Labute approximate surface area is 67.3 Å². The molecule has 0 bridgehead atoms. The molecule has 0 spiro atoms. The van der Waals surface area contributed by atoms with Crippen LogP contribution in [0.3, 0.4) is 0 Å². The average Bonchev–Trinajstić information content (AvgIpc) is 1.96. The van der Waals surface area contributed by atoms with E-state index in [0.29, 0.717) is 33.0 Å². The molecule has 4 nitrogen and oxygen atoms in total. The first kappa shape index (κ1) is 10.8. The van der Waals surface area contributed by atoms with Crippen molar-refractivity contribution < 1.29 is 14.6 Å². The quantitative estimate of drug-likeness (QED) is 0.490. The van der Waals surface area contributed by atoms with Crippen molar-refractivity contribution in [1.82, 2.24) is 0 Å². The minimum atomic E-state index is -0.399. The largest absolute Gasteiger partial charge is 0.391 e. The SMILES string of the molecule is CC(O)COCCOCCN. The number of hydrogen-bond acceptors (Lipinski definition) is 4. The second kappa shape index (κ2) is 7.94. The third kappa shape index (κ3) is 9.84. The molecular weight excluding hydrogens is 146 g/mol. The van der Waals surface area contributed by atoms with Gasteiger partial charge in [-0.15, -0.1) is 0 Å². The zero-order valence-electron chi connectivity index (χ0n) is 6.95. The molecule has 0 aliphatic rings. The lowest BCUT2D eigenvalue weighted by atomic mass is 10.4.